The molecule has 1 saturated heterocycles. The molecule has 31 heavy (non-hydrogen) atoms. The Morgan fingerprint density at radius 2 is 1.81 bits per heavy atom. The minimum atomic E-state index is -0.0535. The number of methoxy groups -OCH3 is 1. The number of nitrogens with zero attached hydrogens (tertiary/aromatic N) is 3. The molecule has 0 aliphatic carbocycles. The fourth-order valence-corrected chi connectivity index (χ4v) is 3.72. The zero-order chi connectivity index (χ0) is 21.6. The maximum absolute atomic E-state index is 12.3. The third kappa shape index (κ3) is 5.64. The van der Waals surface area contributed by atoms with Crippen LogP contribution in [0.15, 0.2) is 59.2 Å². The fourth-order valence-electron chi connectivity index (χ4n) is 3.54. The summed E-state index contributed by atoms with van der Waals surface area (Å²) in [4.78, 5) is 21.4. The van der Waals surface area contributed by atoms with Gasteiger partial charge in [-0.1, -0.05) is 23.7 Å². The molecule has 1 aliphatic rings. The number of carbonyl (C=O) groups is 1. The molecule has 1 aromatic heterocycles. The molecule has 0 unspecified atom stereocenters. The normalized spacial score (nSPS) is 15.0. The minimum Gasteiger partial charge on any atom is -0.497 e. The molecule has 1 aliphatic heterocycles. The Bertz CT molecular complexity index is 1010. The van der Waals surface area contributed by atoms with Gasteiger partial charge in [-0.3, -0.25) is 14.6 Å². The Kier molecular flexibility index (Phi) is 6.86. The van der Waals surface area contributed by atoms with Crippen LogP contribution in [0.5, 0.6) is 5.75 Å². The van der Waals surface area contributed by atoms with E-state index < -0.39 is 0 Å². The van der Waals surface area contributed by atoms with E-state index >= 15 is 0 Å². The van der Waals surface area contributed by atoms with E-state index in [1.165, 1.54) is 0 Å². The van der Waals surface area contributed by atoms with Crippen molar-refractivity contribution < 1.29 is 13.9 Å². The molecule has 0 spiro atoms. The number of para-hydroxylation sites is 1. The molecule has 8 heteroatoms. The van der Waals surface area contributed by atoms with Crippen molar-refractivity contribution in [3.8, 4) is 17.2 Å². The number of oxazole rings is 1. The molecule has 4 rings (SSSR count). The molecule has 2 heterocycles. The number of rotatable bonds is 7. The first-order valence-electron chi connectivity index (χ1n) is 10.2. The SMILES string of the molecule is COc1ccc(-c2nc(CN3CCN(CC(=O)Nc4ccccc4Cl)CC3)co2)cc1. The van der Waals surface area contributed by atoms with Crippen molar-refractivity contribution in [1.29, 1.82) is 0 Å². The van der Waals surface area contributed by atoms with Gasteiger partial charge in [0.25, 0.3) is 0 Å². The number of halogens is 1. The van der Waals surface area contributed by atoms with Gasteiger partial charge in [0.05, 0.1) is 30.1 Å². The van der Waals surface area contributed by atoms with E-state index in [1.54, 1.807) is 25.5 Å². The van der Waals surface area contributed by atoms with Crippen molar-refractivity contribution in [2.24, 2.45) is 0 Å². The molecule has 0 atom stereocenters. The summed E-state index contributed by atoms with van der Waals surface area (Å²) in [5.74, 6) is 1.35. The molecule has 162 valence electrons. The van der Waals surface area contributed by atoms with Gasteiger partial charge in [0.2, 0.25) is 11.8 Å². The summed E-state index contributed by atoms with van der Waals surface area (Å²) >= 11 is 6.11. The molecular formula is C23H25ClN4O3. The molecule has 1 N–H and O–H groups in total. The van der Waals surface area contributed by atoms with Crippen molar-refractivity contribution in [3.05, 3.63) is 65.5 Å². The van der Waals surface area contributed by atoms with Gasteiger partial charge >= 0.3 is 0 Å². The number of anilines is 1. The summed E-state index contributed by atoms with van der Waals surface area (Å²) in [5, 5.41) is 3.42. The van der Waals surface area contributed by atoms with Crippen LogP contribution in [0.3, 0.4) is 0 Å². The number of aromatic nitrogens is 1. The minimum absolute atomic E-state index is 0.0535. The van der Waals surface area contributed by atoms with Gasteiger partial charge in [-0.05, 0) is 36.4 Å². The van der Waals surface area contributed by atoms with Gasteiger partial charge in [-0.15, -0.1) is 0 Å². The first-order valence-corrected chi connectivity index (χ1v) is 10.6. The van der Waals surface area contributed by atoms with Crippen LogP contribution >= 0.6 is 11.6 Å². The Morgan fingerprint density at radius 3 is 2.52 bits per heavy atom. The zero-order valence-corrected chi connectivity index (χ0v) is 18.1. The van der Waals surface area contributed by atoms with Gasteiger partial charge in [-0.2, -0.15) is 0 Å². The lowest BCUT2D eigenvalue weighted by molar-refractivity contribution is -0.117. The lowest BCUT2D eigenvalue weighted by Gasteiger charge is -2.33. The van der Waals surface area contributed by atoms with Crippen molar-refractivity contribution in [3.63, 3.8) is 0 Å². The Morgan fingerprint density at radius 1 is 1.10 bits per heavy atom. The van der Waals surface area contributed by atoms with Gasteiger partial charge < -0.3 is 14.5 Å². The number of piperazine rings is 1. The highest BCUT2D eigenvalue weighted by Crippen LogP contribution is 2.23. The van der Waals surface area contributed by atoms with E-state index in [4.69, 9.17) is 20.8 Å². The van der Waals surface area contributed by atoms with Crippen LogP contribution < -0.4 is 10.1 Å². The highest BCUT2D eigenvalue weighted by Gasteiger charge is 2.20. The number of ether oxygens (including phenoxy) is 1. The van der Waals surface area contributed by atoms with E-state index in [0.717, 1.165) is 49.7 Å². The lowest BCUT2D eigenvalue weighted by atomic mass is 10.2. The average molecular weight is 441 g/mol. The average Bonchev–Trinajstić information content (AvgIpc) is 3.25. The smallest absolute Gasteiger partial charge is 0.238 e. The van der Waals surface area contributed by atoms with Crippen molar-refractivity contribution in [1.82, 2.24) is 14.8 Å². The van der Waals surface area contributed by atoms with Crippen LogP contribution in [-0.2, 0) is 11.3 Å². The second-order valence-electron chi connectivity index (χ2n) is 7.45. The number of carbonyl (C=O) groups excluding carboxylic acids is 1. The standard InChI is InChI=1S/C23H25ClN4O3/c1-30-19-8-6-17(7-9-19)23-25-18(16-31-23)14-27-10-12-28(13-11-27)15-22(29)26-21-5-3-2-4-20(21)24/h2-9,16H,10-15H2,1H3,(H,26,29). The van der Waals surface area contributed by atoms with E-state index in [2.05, 4.69) is 20.1 Å². The predicted molar refractivity (Wildman–Crippen MR) is 120 cm³/mol. The molecular weight excluding hydrogens is 416 g/mol. The Balaban J connectivity index is 1.24. The van der Waals surface area contributed by atoms with Crippen molar-refractivity contribution >= 4 is 23.2 Å². The van der Waals surface area contributed by atoms with E-state index in [-0.39, 0.29) is 5.91 Å². The largest absolute Gasteiger partial charge is 0.497 e. The lowest BCUT2D eigenvalue weighted by Crippen LogP contribution is -2.48. The van der Waals surface area contributed by atoms with Crippen molar-refractivity contribution in [2.45, 2.75) is 6.54 Å². The van der Waals surface area contributed by atoms with Gasteiger partial charge in [0, 0.05) is 38.3 Å². The van der Waals surface area contributed by atoms with Crippen molar-refractivity contribution in [2.75, 3.05) is 45.2 Å². The van der Waals surface area contributed by atoms with Crippen LogP contribution in [-0.4, -0.2) is 60.5 Å². The molecule has 1 amide bonds. The molecule has 3 aromatic rings. The Hall–Kier alpha value is -2.87. The maximum Gasteiger partial charge on any atom is 0.238 e. The summed E-state index contributed by atoms with van der Waals surface area (Å²) in [7, 11) is 1.64. The van der Waals surface area contributed by atoms with Crippen LogP contribution in [0.4, 0.5) is 5.69 Å². The molecule has 7 nitrogen and oxygen atoms in total. The summed E-state index contributed by atoms with van der Waals surface area (Å²) in [6, 6.07) is 14.9. The molecule has 0 radical (unpaired) electrons. The van der Waals surface area contributed by atoms with Gasteiger partial charge in [-0.25, -0.2) is 4.98 Å². The third-order valence-electron chi connectivity index (χ3n) is 5.25. The fraction of sp³-hybridized carbons (Fsp3) is 0.304. The third-order valence-corrected chi connectivity index (χ3v) is 5.58. The van der Waals surface area contributed by atoms with Crippen LogP contribution in [0.25, 0.3) is 11.5 Å². The number of hydrogen-bond donors (Lipinski definition) is 1. The van der Waals surface area contributed by atoms with Crippen LogP contribution in [0, 0.1) is 0 Å². The second-order valence-corrected chi connectivity index (χ2v) is 7.86. The highest BCUT2D eigenvalue weighted by molar-refractivity contribution is 6.33. The van der Waals surface area contributed by atoms with Gasteiger partial charge in [0.1, 0.15) is 12.0 Å². The maximum atomic E-state index is 12.3. The number of nitrogens with one attached hydrogen (secondary N) is 1. The molecule has 0 saturated carbocycles. The first kappa shape index (κ1) is 21.4. The Labute approximate surface area is 186 Å². The van der Waals surface area contributed by atoms with E-state index in [9.17, 15) is 4.79 Å². The number of amides is 1. The monoisotopic (exact) mass is 440 g/mol. The van der Waals surface area contributed by atoms with Crippen LogP contribution in [0.1, 0.15) is 5.69 Å². The molecule has 1 fully saturated rings. The second kappa shape index (κ2) is 9.96. The quantitative estimate of drug-likeness (QED) is 0.603. The first-order chi connectivity index (χ1) is 15.1. The summed E-state index contributed by atoms with van der Waals surface area (Å²) in [6.07, 6.45) is 1.71. The van der Waals surface area contributed by atoms with E-state index in [0.29, 0.717) is 23.1 Å². The summed E-state index contributed by atoms with van der Waals surface area (Å²) in [5.41, 5.74) is 2.46. The highest BCUT2D eigenvalue weighted by atomic mass is 35.5. The van der Waals surface area contributed by atoms with E-state index in [1.807, 2.05) is 36.4 Å². The van der Waals surface area contributed by atoms with Gasteiger partial charge in [0.15, 0.2) is 0 Å². The number of benzene rings is 2. The number of hydrogen-bond acceptors (Lipinski definition) is 6. The summed E-state index contributed by atoms with van der Waals surface area (Å²) in [6.45, 7) is 4.44. The zero-order valence-electron chi connectivity index (χ0n) is 17.4. The predicted octanol–water partition coefficient (Wildman–Crippen LogP) is 3.76. The molecule has 0 bridgehead atoms. The topological polar surface area (TPSA) is 70.8 Å². The van der Waals surface area contributed by atoms with Crippen LogP contribution in [0.2, 0.25) is 5.02 Å². The molecule has 2 aromatic carbocycles. The summed E-state index contributed by atoms with van der Waals surface area (Å²) < 4.78 is 10.8.